The number of carboxylic acid groups (broad SMARTS) is 1. The van der Waals surface area contributed by atoms with Crippen LogP contribution < -0.4 is 0 Å². The Kier molecular flexibility index (Phi) is 4.37. The van der Waals surface area contributed by atoms with Gasteiger partial charge in [-0.2, -0.15) is 13.2 Å². The molecule has 100 valence electrons. The predicted molar refractivity (Wildman–Crippen MR) is 53.6 cm³/mol. The third kappa shape index (κ3) is 3.32. The third-order valence-electron chi connectivity index (χ3n) is 3.18. The van der Waals surface area contributed by atoms with Gasteiger partial charge in [-0.3, -0.25) is 9.69 Å². The number of hydrogen-bond acceptors (Lipinski definition) is 3. The van der Waals surface area contributed by atoms with Gasteiger partial charge in [0.15, 0.2) is 0 Å². The van der Waals surface area contributed by atoms with E-state index >= 15 is 0 Å². The Hall–Kier alpha value is -0.820. The maximum atomic E-state index is 12.7. The summed E-state index contributed by atoms with van der Waals surface area (Å²) in [5.74, 6) is -3.31. The minimum Gasteiger partial charge on any atom is -0.480 e. The Morgan fingerprint density at radius 3 is 2.53 bits per heavy atom. The second kappa shape index (κ2) is 5.22. The van der Waals surface area contributed by atoms with Gasteiger partial charge in [-0.15, -0.1) is 0 Å². The van der Waals surface area contributed by atoms with E-state index in [1.54, 1.807) is 0 Å². The summed E-state index contributed by atoms with van der Waals surface area (Å²) in [5.41, 5.74) is 0. The fourth-order valence-corrected chi connectivity index (χ4v) is 2.13. The van der Waals surface area contributed by atoms with Crippen LogP contribution in [0.5, 0.6) is 0 Å². The highest BCUT2D eigenvalue weighted by Crippen LogP contribution is 2.38. The summed E-state index contributed by atoms with van der Waals surface area (Å²) >= 11 is 0. The molecule has 7 heteroatoms. The van der Waals surface area contributed by atoms with Crippen LogP contribution in [-0.4, -0.2) is 55.0 Å². The van der Waals surface area contributed by atoms with E-state index in [0.29, 0.717) is 0 Å². The monoisotopic (exact) mass is 255 g/mol. The topological polar surface area (TPSA) is 49.8 Å². The Labute approximate surface area is 97.3 Å². The van der Waals surface area contributed by atoms with Gasteiger partial charge in [0, 0.05) is 26.1 Å². The van der Waals surface area contributed by atoms with Gasteiger partial charge < -0.3 is 9.84 Å². The molecule has 1 heterocycles. The molecule has 1 fully saturated rings. The zero-order valence-electron chi connectivity index (χ0n) is 9.70. The largest absolute Gasteiger partial charge is 0.480 e. The molecule has 0 aromatic carbocycles. The van der Waals surface area contributed by atoms with Gasteiger partial charge >= 0.3 is 12.1 Å². The lowest BCUT2D eigenvalue weighted by Gasteiger charge is -2.21. The molecule has 0 spiro atoms. The summed E-state index contributed by atoms with van der Waals surface area (Å²) in [6.45, 7) is 1.22. The van der Waals surface area contributed by atoms with Crippen molar-refractivity contribution in [1.82, 2.24) is 4.90 Å². The highest BCUT2D eigenvalue weighted by molar-refractivity contribution is 5.72. The van der Waals surface area contributed by atoms with E-state index in [2.05, 4.69) is 0 Å². The maximum absolute atomic E-state index is 12.7. The van der Waals surface area contributed by atoms with Crippen molar-refractivity contribution in [2.24, 2.45) is 11.8 Å². The summed E-state index contributed by atoms with van der Waals surface area (Å²) in [7, 11) is 1.34. The number of alkyl halides is 3. The Morgan fingerprint density at radius 2 is 2.12 bits per heavy atom. The number of ether oxygens (including phenoxy) is 1. The summed E-state index contributed by atoms with van der Waals surface area (Å²) in [6.07, 6.45) is -4.31. The average molecular weight is 255 g/mol. The first kappa shape index (κ1) is 14.2. The molecule has 3 atom stereocenters. The molecule has 1 N–H and O–H groups in total. The van der Waals surface area contributed by atoms with Crippen molar-refractivity contribution in [3.8, 4) is 0 Å². The lowest BCUT2D eigenvalue weighted by molar-refractivity contribution is -0.184. The number of carbonyl (C=O) groups is 1. The Morgan fingerprint density at radius 1 is 1.53 bits per heavy atom. The van der Waals surface area contributed by atoms with E-state index in [1.807, 2.05) is 0 Å². The lowest BCUT2D eigenvalue weighted by atomic mass is 9.96. The molecule has 0 radical (unpaired) electrons. The van der Waals surface area contributed by atoms with Crippen molar-refractivity contribution in [1.29, 1.82) is 0 Å². The summed E-state index contributed by atoms with van der Waals surface area (Å²) in [4.78, 5) is 12.1. The Bertz CT molecular complexity index is 282. The fraction of sp³-hybridized carbons (Fsp3) is 0.900. The van der Waals surface area contributed by atoms with Crippen molar-refractivity contribution in [2.75, 3.05) is 26.8 Å². The molecule has 0 saturated carbocycles. The highest BCUT2D eigenvalue weighted by Gasteiger charge is 2.50. The summed E-state index contributed by atoms with van der Waals surface area (Å²) in [5, 5.41) is 8.79. The molecule has 0 unspecified atom stereocenters. The number of methoxy groups -OCH3 is 1. The molecule has 0 aromatic rings. The second-order valence-corrected chi connectivity index (χ2v) is 4.33. The number of aliphatic carboxylic acids is 1. The quantitative estimate of drug-likeness (QED) is 0.820. The third-order valence-corrected chi connectivity index (χ3v) is 3.18. The molecule has 1 aliphatic heterocycles. The number of carboxylic acids is 1. The molecule has 1 rings (SSSR count). The molecule has 1 saturated heterocycles. The molecule has 4 nitrogen and oxygen atoms in total. The van der Waals surface area contributed by atoms with Crippen LogP contribution in [0.2, 0.25) is 0 Å². The van der Waals surface area contributed by atoms with Crippen LogP contribution in [0.1, 0.15) is 6.92 Å². The number of nitrogens with zero attached hydrogens (tertiary/aromatic N) is 1. The number of rotatable bonds is 4. The van der Waals surface area contributed by atoms with E-state index in [0.717, 1.165) is 0 Å². The van der Waals surface area contributed by atoms with Crippen LogP contribution in [0.25, 0.3) is 0 Å². The minimum absolute atomic E-state index is 0.00693. The lowest BCUT2D eigenvalue weighted by Crippen LogP contribution is -2.38. The van der Waals surface area contributed by atoms with E-state index in [1.165, 1.54) is 18.9 Å². The molecule has 0 bridgehead atoms. The van der Waals surface area contributed by atoms with Gasteiger partial charge in [0.1, 0.15) is 6.04 Å². The van der Waals surface area contributed by atoms with Crippen molar-refractivity contribution in [2.45, 2.75) is 19.1 Å². The standard InChI is InChI=1S/C10H16F3NO3/c1-6(9(15)16)14-3-7(5-17-2)8(4-14)10(11,12)13/h6-8H,3-5H2,1-2H3,(H,15,16)/t6-,7-,8+/m0/s1. The molecule has 0 amide bonds. The van der Waals surface area contributed by atoms with Gasteiger partial charge in [0.25, 0.3) is 0 Å². The van der Waals surface area contributed by atoms with Crippen LogP contribution in [0.3, 0.4) is 0 Å². The molecule has 0 aliphatic carbocycles. The zero-order chi connectivity index (χ0) is 13.2. The van der Waals surface area contributed by atoms with E-state index in [9.17, 15) is 18.0 Å². The average Bonchev–Trinajstić information content (AvgIpc) is 2.60. The van der Waals surface area contributed by atoms with Crippen molar-refractivity contribution in [3.63, 3.8) is 0 Å². The van der Waals surface area contributed by atoms with Crippen LogP contribution in [-0.2, 0) is 9.53 Å². The summed E-state index contributed by atoms with van der Waals surface area (Å²) in [6, 6.07) is -0.901. The van der Waals surface area contributed by atoms with Crippen molar-refractivity contribution in [3.05, 3.63) is 0 Å². The first-order valence-electron chi connectivity index (χ1n) is 5.30. The van der Waals surface area contributed by atoms with Gasteiger partial charge in [-0.1, -0.05) is 0 Å². The molecular formula is C10H16F3NO3. The van der Waals surface area contributed by atoms with Gasteiger partial charge in [0.2, 0.25) is 0 Å². The van der Waals surface area contributed by atoms with Gasteiger partial charge in [0.05, 0.1) is 12.5 Å². The first-order valence-corrected chi connectivity index (χ1v) is 5.30. The summed E-state index contributed by atoms with van der Waals surface area (Å²) < 4.78 is 43.0. The number of likely N-dealkylation sites (tertiary alicyclic amines) is 1. The predicted octanol–water partition coefficient (Wildman–Crippen LogP) is 1.22. The van der Waals surface area contributed by atoms with Crippen LogP contribution in [0.15, 0.2) is 0 Å². The first-order chi connectivity index (χ1) is 7.77. The normalized spacial score (nSPS) is 28.3. The molecule has 17 heavy (non-hydrogen) atoms. The molecular weight excluding hydrogens is 239 g/mol. The van der Waals surface area contributed by atoms with Crippen molar-refractivity contribution < 1.29 is 27.8 Å². The second-order valence-electron chi connectivity index (χ2n) is 4.33. The fourth-order valence-electron chi connectivity index (χ4n) is 2.13. The van der Waals surface area contributed by atoms with Crippen molar-refractivity contribution >= 4 is 5.97 Å². The van der Waals surface area contributed by atoms with Crippen LogP contribution in [0.4, 0.5) is 13.2 Å². The maximum Gasteiger partial charge on any atom is 0.393 e. The van der Waals surface area contributed by atoms with E-state index in [-0.39, 0.29) is 19.7 Å². The number of hydrogen-bond donors (Lipinski definition) is 1. The molecule has 1 aliphatic rings. The highest BCUT2D eigenvalue weighted by atomic mass is 19.4. The molecule has 0 aromatic heterocycles. The van der Waals surface area contributed by atoms with Crippen LogP contribution >= 0.6 is 0 Å². The SMILES string of the molecule is COC[C@@H]1CN([C@@H](C)C(=O)O)C[C@H]1C(F)(F)F. The van der Waals surface area contributed by atoms with E-state index in [4.69, 9.17) is 9.84 Å². The Balaban J connectivity index is 2.75. The number of halogens is 3. The smallest absolute Gasteiger partial charge is 0.393 e. The minimum atomic E-state index is -4.31. The zero-order valence-corrected chi connectivity index (χ0v) is 9.70. The van der Waals surface area contributed by atoms with Gasteiger partial charge in [-0.05, 0) is 6.92 Å². The van der Waals surface area contributed by atoms with E-state index < -0.39 is 30.0 Å². The van der Waals surface area contributed by atoms with Gasteiger partial charge in [-0.25, -0.2) is 0 Å². The van der Waals surface area contributed by atoms with Crippen LogP contribution in [0, 0.1) is 11.8 Å².